The molecule has 0 saturated carbocycles. The lowest BCUT2D eigenvalue weighted by Gasteiger charge is -2.26. The van der Waals surface area contributed by atoms with Crippen LogP contribution in [0.15, 0.2) is 73.3 Å². The summed E-state index contributed by atoms with van der Waals surface area (Å²) < 4.78 is 17.1. The number of carbonyl (C=O) groups excluding carboxylic acids is 1. The molecule has 10 heteroatoms. The number of carbonyl (C=O) groups is 1. The molecule has 1 fully saturated rings. The molecule has 2 aromatic heterocycles. The van der Waals surface area contributed by atoms with E-state index in [0.29, 0.717) is 29.6 Å². The SMILES string of the molecule is COc1cc2c(Nc3ccc(/C=C/C(=O)Nc4cccnc4)cc3)ncnc2cc1OCCCN1CCOCC1. The summed E-state index contributed by atoms with van der Waals surface area (Å²) in [5.41, 5.74) is 3.13. The topological polar surface area (TPSA) is 111 Å². The number of hydrogen-bond donors (Lipinski definition) is 2. The molecular formula is C30H32N6O4. The van der Waals surface area contributed by atoms with Crippen molar-refractivity contribution in [3.05, 3.63) is 78.9 Å². The Hall–Kier alpha value is -4.54. The highest BCUT2D eigenvalue weighted by Gasteiger charge is 2.13. The molecule has 1 amide bonds. The second-order valence-electron chi connectivity index (χ2n) is 9.21. The minimum Gasteiger partial charge on any atom is -0.493 e. The number of methoxy groups -OCH3 is 1. The predicted octanol–water partition coefficient (Wildman–Crippen LogP) is 4.53. The van der Waals surface area contributed by atoms with Crippen LogP contribution in [0.5, 0.6) is 11.5 Å². The number of fused-ring (bicyclic) bond motifs is 1. The van der Waals surface area contributed by atoms with Gasteiger partial charge < -0.3 is 24.8 Å². The van der Waals surface area contributed by atoms with E-state index < -0.39 is 0 Å². The molecule has 0 spiro atoms. The Kier molecular flexibility index (Phi) is 9.13. The van der Waals surface area contributed by atoms with Crippen molar-refractivity contribution < 1.29 is 19.0 Å². The van der Waals surface area contributed by atoms with Crippen LogP contribution < -0.4 is 20.1 Å². The first kappa shape index (κ1) is 27.0. The molecule has 0 unspecified atom stereocenters. The summed E-state index contributed by atoms with van der Waals surface area (Å²) in [6.45, 7) is 5.08. The molecule has 1 aliphatic rings. The third-order valence-corrected chi connectivity index (χ3v) is 6.43. The summed E-state index contributed by atoms with van der Waals surface area (Å²) in [4.78, 5) is 27.4. The molecule has 2 N–H and O–H groups in total. The van der Waals surface area contributed by atoms with Crippen LogP contribution in [0.2, 0.25) is 0 Å². The number of amides is 1. The largest absolute Gasteiger partial charge is 0.493 e. The fraction of sp³-hybridized carbons (Fsp3) is 0.267. The van der Waals surface area contributed by atoms with Gasteiger partial charge in [0, 0.05) is 49.0 Å². The average molecular weight is 541 g/mol. The Labute approximate surface area is 233 Å². The number of nitrogens with one attached hydrogen (secondary N) is 2. The number of rotatable bonds is 11. The number of benzene rings is 2. The fourth-order valence-corrected chi connectivity index (χ4v) is 4.34. The molecule has 0 atom stereocenters. The number of pyridine rings is 1. The van der Waals surface area contributed by atoms with Crippen LogP contribution in [0.3, 0.4) is 0 Å². The van der Waals surface area contributed by atoms with E-state index in [2.05, 4.69) is 30.5 Å². The number of ether oxygens (including phenoxy) is 3. The van der Waals surface area contributed by atoms with Crippen LogP contribution in [-0.4, -0.2) is 72.3 Å². The highest BCUT2D eigenvalue weighted by Crippen LogP contribution is 2.34. The zero-order valence-electron chi connectivity index (χ0n) is 22.4. The Bertz CT molecular complexity index is 1440. The maximum absolute atomic E-state index is 12.2. The molecule has 0 radical (unpaired) electrons. The molecule has 3 heterocycles. The van der Waals surface area contributed by atoms with Gasteiger partial charge in [-0.15, -0.1) is 0 Å². The number of hydrogen-bond acceptors (Lipinski definition) is 9. The summed E-state index contributed by atoms with van der Waals surface area (Å²) >= 11 is 0. The smallest absolute Gasteiger partial charge is 0.248 e. The van der Waals surface area contributed by atoms with Crippen LogP contribution in [0.25, 0.3) is 17.0 Å². The maximum atomic E-state index is 12.2. The highest BCUT2D eigenvalue weighted by molar-refractivity contribution is 6.01. The Morgan fingerprint density at radius 1 is 1.07 bits per heavy atom. The molecule has 5 rings (SSSR count). The normalized spacial score (nSPS) is 13.8. The van der Waals surface area contributed by atoms with Gasteiger partial charge in [0.1, 0.15) is 12.1 Å². The molecule has 2 aromatic carbocycles. The fourth-order valence-electron chi connectivity index (χ4n) is 4.34. The molecule has 206 valence electrons. The molecular weight excluding hydrogens is 508 g/mol. The first-order chi connectivity index (χ1) is 19.7. The second-order valence-corrected chi connectivity index (χ2v) is 9.21. The first-order valence-electron chi connectivity index (χ1n) is 13.2. The minimum absolute atomic E-state index is 0.225. The van der Waals surface area contributed by atoms with Gasteiger partial charge in [0.2, 0.25) is 5.91 Å². The third kappa shape index (κ3) is 7.31. The summed E-state index contributed by atoms with van der Waals surface area (Å²) in [5.74, 6) is 1.71. The summed E-state index contributed by atoms with van der Waals surface area (Å²) in [7, 11) is 1.63. The van der Waals surface area contributed by atoms with E-state index >= 15 is 0 Å². The average Bonchev–Trinajstić information content (AvgIpc) is 3.00. The van der Waals surface area contributed by atoms with E-state index in [1.54, 1.807) is 37.7 Å². The highest BCUT2D eigenvalue weighted by atomic mass is 16.5. The van der Waals surface area contributed by atoms with Gasteiger partial charge >= 0.3 is 0 Å². The van der Waals surface area contributed by atoms with Crippen LogP contribution >= 0.6 is 0 Å². The molecule has 4 aromatic rings. The van der Waals surface area contributed by atoms with E-state index in [1.807, 2.05) is 36.4 Å². The van der Waals surface area contributed by atoms with Crippen molar-refractivity contribution in [2.24, 2.45) is 0 Å². The second kappa shape index (κ2) is 13.5. The Balaban J connectivity index is 1.21. The van der Waals surface area contributed by atoms with Gasteiger partial charge in [-0.1, -0.05) is 12.1 Å². The van der Waals surface area contributed by atoms with E-state index in [4.69, 9.17) is 14.2 Å². The number of nitrogens with zero attached hydrogens (tertiary/aromatic N) is 4. The minimum atomic E-state index is -0.225. The van der Waals surface area contributed by atoms with Gasteiger partial charge in [-0.25, -0.2) is 9.97 Å². The lowest BCUT2D eigenvalue weighted by Crippen LogP contribution is -2.37. The van der Waals surface area contributed by atoms with Crippen LogP contribution in [0.1, 0.15) is 12.0 Å². The molecule has 1 saturated heterocycles. The van der Waals surface area contributed by atoms with Gasteiger partial charge in [-0.2, -0.15) is 0 Å². The summed E-state index contributed by atoms with van der Waals surface area (Å²) in [6, 6.07) is 15.0. The lowest BCUT2D eigenvalue weighted by molar-refractivity contribution is -0.111. The van der Waals surface area contributed by atoms with E-state index in [9.17, 15) is 4.79 Å². The number of aromatic nitrogens is 3. The molecule has 1 aliphatic heterocycles. The quantitative estimate of drug-likeness (QED) is 0.209. The van der Waals surface area contributed by atoms with Crippen molar-refractivity contribution in [3.8, 4) is 11.5 Å². The van der Waals surface area contributed by atoms with Gasteiger partial charge in [-0.3, -0.25) is 14.7 Å². The van der Waals surface area contributed by atoms with Crippen molar-refractivity contribution in [1.29, 1.82) is 0 Å². The zero-order chi connectivity index (χ0) is 27.6. The van der Waals surface area contributed by atoms with E-state index in [0.717, 1.165) is 61.4 Å². The maximum Gasteiger partial charge on any atom is 0.248 e. The Morgan fingerprint density at radius 2 is 1.93 bits per heavy atom. The lowest BCUT2D eigenvalue weighted by atomic mass is 10.1. The van der Waals surface area contributed by atoms with Crippen molar-refractivity contribution >= 4 is 40.1 Å². The standard InChI is InChI=1S/C30H32N6O4/c1-38-27-18-25-26(19-28(27)40-15-3-12-36-13-16-39-17-14-36)32-21-33-30(25)35-23-8-5-22(6-9-23)7-10-29(37)34-24-4-2-11-31-20-24/h2,4-11,18-21H,3,12-17H2,1H3,(H,34,37)(H,32,33,35)/b10-7+. The van der Waals surface area contributed by atoms with E-state index in [1.165, 1.54) is 12.4 Å². The molecule has 40 heavy (non-hydrogen) atoms. The number of anilines is 3. The predicted molar refractivity (Wildman–Crippen MR) is 155 cm³/mol. The van der Waals surface area contributed by atoms with Crippen LogP contribution in [0, 0.1) is 0 Å². The van der Waals surface area contributed by atoms with Crippen molar-refractivity contribution in [3.63, 3.8) is 0 Å². The van der Waals surface area contributed by atoms with Crippen LogP contribution in [0.4, 0.5) is 17.2 Å². The Morgan fingerprint density at radius 3 is 2.70 bits per heavy atom. The number of morpholine rings is 1. The van der Waals surface area contributed by atoms with E-state index in [-0.39, 0.29) is 5.91 Å². The summed E-state index contributed by atoms with van der Waals surface area (Å²) in [5, 5.41) is 6.95. The van der Waals surface area contributed by atoms with Crippen molar-refractivity contribution in [1.82, 2.24) is 19.9 Å². The van der Waals surface area contributed by atoms with Crippen molar-refractivity contribution in [2.45, 2.75) is 6.42 Å². The zero-order valence-corrected chi connectivity index (χ0v) is 22.4. The first-order valence-corrected chi connectivity index (χ1v) is 13.2. The molecule has 10 nitrogen and oxygen atoms in total. The van der Waals surface area contributed by atoms with Gasteiger partial charge in [-0.05, 0) is 48.4 Å². The van der Waals surface area contributed by atoms with Gasteiger partial charge in [0.05, 0.1) is 44.3 Å². The summed E-state index contributed by atoms with van der Waals surface area (Å²) in [6.07, 6.45) is 8.93. The third-order valence-electron chi connectivity index (χ3n) is 6.43. The van der Waals surface area contributed by atoms with Gasteiger partial charge in [0.15, 0.2) is 11.5 Å². The van der Waals surface area contributed by atoms with Gasteiger partial charge in [0.25, 0.3) is 0 Å². The van der Waals surface area contributed by atoms with Crippen molar-refractivity contribution in [2.75, 3.05) is 57.2 Å². The van der Waals surface area contributed by atoms with Crippen LogP contribution in [-0.2, 0) is 9.53 Å². The molecule has 0 aliphatic carbocycles. The monoisotopic (exact) mass is 540 g/mol. The molecule has 0 bridgehead atoms.